The second kappa shape index (κ2) is 8.13. The van der Waals surface area contributed by atoms with Crippen LogP contribution in [0.4, 0.5) is 0 Å². The van der Waals surface area contributed by atoms with Gasteiger partial charge in [-0.05, 0) is 51.2 Å². The zero-order valence-electron chi connectivity index (χ0n) is 11.9. The highest BCUT2D eigenvalue weighted by Crippen LogP contribution is 2.23. The zero-order valence-corrected chi connectivity index (χ0v) is 11.9. The molecule has 0 radical (unpaired) electrons. The van der Waals surface area contributed by atoms with Crippen LogP contribution in [0.2, 0.25) is 0 Å². The van der Waals surface area contributed by atoms with Crippen LogP contribution in [0.3, 0.4) is 0 Å². The summed E-state index contributed by atoms with van der Waals surface area (Å²) < 4.78 is 0. The maximum absolute atomic E-state index is 5.88. The Kier molecular flexibility index (Phi) is 6.46. The topological polar surface area (TPSA) is 41.3 Å². The smallest absolute Gasteiger partial charge is 0.0108 e. The Morgan fingerprint density at radius 1 is 0.944 bits per heavy atom. The van der Waals surface area contributed by atoms with Crippen LogP contribution in [0.5, 0.6) is 0 Å². The maximum atomic E-state index is 5.88. The molecule has 0 aromatic carbocycles. The van der Waals surface area contributed by atoms with Gasteiger partial charge in [-0.25, -0.2) is 0 Å². The molecule has 1 heterocycles. The van der Waals surface area contributed by atoms with Crippen LogP contribution in [0.1, 0.15) is 51.4 Å². The molecule has 1 aliphatic heterocycles. The molecule has 0 aromatic rings. The predicted octanol–water partition coefficient (Wildman–Crippen LogP) is 1.97. The number of nitrogens with zero attached hydrogens (tertiary/aromatic N) is 1. The molecule has 2 unspecified atom stereocenters. The lowest BCUT2D eigenvalue weighted by molar-refractivity contribution is 0.239. The molecule has 0 aromatic heterocycles. The number of nitrogens with two attached hydrogens (primary N) is 1. The Morgan fingerprint density at radius 2 is 1.67 bits per heavy atom. The normalized spacial score (nSPS) is 31.2. The van der Waals surface area contributed by atoms with E-state index in [1.807, 2.05) is 0 Å². The molecule has 106 valence electrons. The Bertz CT molecular complexity index is 212. The van der Waals surface area contributed by atoms with Crippen molar-refractivity contribution in [3.05, 3.63) is 0 Å². The lowest BCUT2D eigenvalue weighted by Gasteiger charge is -2.32. The Labute approximate surface area is 112 Å². The molecule has 3 heteroatoms. The summed E-state index contributed by atoms with van der Waals surface area (Å²) in [6.07, 6.45) is 11.1. The molecule has 2 aliphatic rings. The van der Waals surface area contributed by atoms with Crippen molar-refractivity contribution >= 4 is 0 Å². The molecule has 2 rings (SSSR count). The van der Waals surface area contributed by atoms with E-state index >= 15 is 0 Å². The van der Waals surface area contributed by atoms with Gasteiger partial charge in [-0.3, -0.25) is 0 Å². The van der Waals surface area contributed by atoms with Crippen LogP contribution >= 0.6 is 0 Å². The van der Waals surface area contributed by atoms with Crippen molar-refractivity contribution in [3.63, 3.8) is 0 Å². The van der Waals surface area contributed by atoms with E-state index < -0.39 is 0 Å². The first-order valence-electron chi connectivity index (χ1n) is 8.06. The molecule has 0 amide bonds. The van der Waals surface area contributed by atoms with Crippen LogP contribution in [-0.2, 0) is 0 Å². The van der Waals surface area contributed by atoms with Crippen molar-refractivity contribution in [2.45, 2.75) is 57.4 Å². The quantitative estimate of drug-likeness (QED) is 0.787. The second-order valence-corrected chi connectivity index (χ2v) is 6.10. The number of hydrogen-bond acceptors (Lipinski definition) is 3. The number of nitrogens with one attached hydrogen (secondary N) is 1. The fraction of sp³-hybridized carbons (Fsp3) is 1.00. The average Bonchev–Trinajstić information content (AvgIpc) is 2.68. The molecule has 0 bridgehead atoms. The van der Waals surface area contributed by atoms with Gasteiger partial charge >= 0.3 is 0 Å². The van der Waals surface area contributed by atoms with Crippen LogP contribution in [-0.4, -0.2) is 43.7 Å². The van der Waals surface area contributed by atoms with Gasteiger partial charge in [0.1, 0.15) is 0 Å². The highest BCUT2D eigenvalue weighted by molar-refractivity contribution is 4.81. The third kappa shape index (κ3) is 4.52. The van der Waals surface area contributed by atoms with Crippen LogP contribution < -0.4 is 11.1 Å². The minimum atomic E-state index is 0.690. The van der Waals surface area contributed by atoms with Gasteiger partial charge in [0.25, 0.3) is 0 Å². The van der Waals surface area contributed by atoms with Gasteiger partial charge in [0.05, 0.1) is 0 Å². The van der Waals surface area contributed by atoms with Crippen molar-refractivity contribution in [1.29, 1.82) is 0 Å². The summed E-state index contributed by atoms with van der Waals surface area (Å²) in [5.41, 5.74) is 5.88. The molecule has 2 fully saturated rings. The lowest BCUT2D eigenvalue weighted by atomic mass is 9.84. The van der Waals surface area contributed by atoms with Crippen LogP contribution in [0, 0.1) is 5.92 Å². The molecule has 0 spiro atoms. The Hall–Kier alpha value is -0.120. The number of rotatable bonds is 5. The Morgan fingerprint density at radius 3 is 2.39 bits per heavy atom. The summed E-state index contributed by atoms with van der Waals surface area (Å²) in [7, 11) is 0. The van der Waals surface area contributed by atoms with Crippen molar-refractivity contribution < 1.29 is 0 Å². The molecule has 18 heavy (non-hydrogen) atoms. The van der Waals surface area contributed by atoms with Gasteiger partial charge in [0, 0.05) is 19.1 Å². The molecule has 1 saturated carbocycles. The number of hydrogen-bond donors (Lipinski definition) is 2. The lowest BCUT2D eigenvalue weighted by Crippen LogP contribution is -2.44. The van der Waals surface area contributed by atoms with E-state index in [4.69, 9.17) is 5.73 Å². The number of likely N-dealkylation sites (tertiary alicyclic amines) is 1. The van der Waals surface area contributed by atoms with Crippen molar-refractivity contribution in [2.75, 3.05) is 32.7 Å². The summed E-state index contributed by atoms with van der Waals surface area (Å²) in [5, 5.41) is 3.77. The van der Waals surface area contributed by atoms with E-state index in [2.05, 4.69) is 10.2 Å². The van der Waals surface area contributed by atoms with E-state index in [9.17, 15) is 0 Å². The first-order chi connectivity index (χ1) is 8.90. The average molecular weight is 253 g/mol. The molecule has 1 saturated heterocycles. The third-order valence-electron chi connectivity index (χ3n) is 4.75. The third-order valence-corrected chi connectivity index (χ3v) is 4.75. The van der Waals surface area contributed by atoms with E-state index in [-0.39, 0.29) is 0 Å². The standard InChI is InChI=1S/C15H31N3/c16-13-14-7-3-4-8-15(14)17-9-12-18-10-5-1-2-6-11-18/h14-15,17H,1-13,16H2. The highest BCUT2D eigenvalue weighted by atomic mass is 15.1. The van der Waals surface area contributed by atoms with Gasteiger partial charge in [-0.2, -0.15) is 0 Å². The summed E-state index contributed by atoms with van der Waals surface area (Å²) in [6, 6.07) is 0.690. The molecular formula is C15H31N3. The predicted molar refractivity (Wildman–Crippen MR) is 77.7 cm³/mol. The monoisotopic (exact) mass is 253 g/mol. The van der Waals surface area contributed by atoms with Crippen molar-refractivity contribution in [2.24, 2.45) is 11.7 Å². The first kappa shape index (κ1) is 14.3. The fourth-order valence-electron chi connectivity index (χ4n) is 3.53. The van der Waals surface area contributed by atoms with Crippen LogP contribution in [0.25, 0.3) is 0 Å². The van der Waals surface area contributed by atoms with E-state index in [0.29, 0.717) is 6.04 Å². The SMILES string of the molecule is NCC1CCCCC1NCCN1CCCCCC1. The van der Waals surface area contributed by atoms with Crippen molar-refractivity contribution in [3.8, 4) is 0 Å². The molecular weight excluding hydrogens is 222 g/mol. The van der Waals surface area contributed by atoms with E-state index in [1.54, 1.807) is 0 Å². The van der Waals surface area contributed by atoms with Crippen molar-refractivity contribution in [1.82, 2.24) is 10.2 Å². The fourth-order valence-corrected chi connectivity index (χ4v) is 3.53. The van der Waals surface area contributed by atoms with Gasteiger partial charge in [-0.1, -0.05) is 25.7 Å². The molecule has 1 aliphatic carbocycles. The minimum Gasteiger partial charge on any atom is -0.330 e. The summed E-state index contributed by atoms with van der Waals surface area (Å²) >= 11 is 0. The first-order valence-corrected chi connectivity index (χ1v) is 8.06. The molecule has 3 N–H and O–H groups in total. The largest absolute Gasteiger partial charge is 0.330 e. The van der Waals surface area contributed by atoms with Gasteiger partial charge < -0.3 is 16.0 Å². The second-order valence-electron chi connectivity index (χ2n) is 6.10. The van der Waals surface area contributed by atoms with Gasteiger partial charge in [0.15, 0.2) is 0 Å². The van der Waals surface area contributed by atoms with E-state index in [0.717, 1.165) is 19.0 Å². The molecule has 2 atom stereocenters. The van der Waals surface area contributed by atoms with Crippen LogP contribution in [0.15, 0.2) is 0 Å². The summed E-state index contributed by atoms with van der Waals surface area (Å²) in [4.78, 5) is 2.64. The highest BCUT2D eigenvalue weighted by Gasteiger charge is 2.23. The van der Waals surface area contributed by atoms with Gasteiger partial charge in [0.2, 0.25) is 0 Å². The molecule has 3 nitrogen and oxygen atoms in total. The van der Waals surface area contributed by atoms with E-state index in [1.165, 1.54) is 71.0 Å². The maximum Gasteiger partial charge on any atom is 0.0108 e. The van der Waals surface area contributed by atoms with Gasteiger partial charge in [-0.15, -0.1) is 0 Å². The summed E-state index contributed by atoms with van der Waals surface area (Å²) in [5.74, 6) is 0.725. The minimum absolute atomic E-state index is 0.690. The zero-order chi connectivity index (χ0) is 12.6. The Balaban J connectivity index is 1.63. The summed E-state index contributed by atoms with van der Waals surface area (Å²) in [6.45, 7) is 5.87.